The van der Waals surface area contributed by atoms with Crippen LogP contribution in [0.15, 0.2) is 24.3 Å². The van der Waals surface area contributed by atoms with Gasteiger partial charge in [-0.25, -0.2) is 0 Å². The molecular weight excluding hydrogens is 226 g/mol. The lowest BCUT2D eigenvalue weighted by atomic mass is 10.1. The van der Waals surface area contributed by atoms with Crippen molar-refractivity contribution >= 4 is 5.97 Å². The molecule has 0 fully saturated rings. The molecule has 0 unspecified atom stereocenters. The zero-order valence-corrected chi connectivity index (χ0v) is 11.5. The number of carbonyl (C=O) groups is 1. The molecule has 0 saturated carbocycles. The van der Waals surface area contributed by atoms with Crippen molar-refractivity contribution in [3.63, 3.8) is 0 Å². The minimum Gasteiger partial charge on any atom is -0.464 e. The Morgan fingerprint density at radius 3 is 2.39 bits per heavy atom. The summed E-state index contributed by atoms with van der Waals surface area (Å²) in [5.41, 5.74) is 2.60. The number of ether oxygens (including phenoxy) is 1. The zero-order valence-electron chi connectivity index (χ0n) is 11.5. The molecule has 0 amide bonds. The van der Waals surface area contributed by atoms with E-state index in [2.05, 4.69) is 36.5 Å². The molecule has 0 atom stereocenters. The van der Waals surface area contributed by atoms with E-state index >= 15 is 0 Å². The van der Waals surface area contributed by atoms with E-state index in [0.717, 1.165) is 13.0 Å². The quantitative estimate of drug-likeness (QED) is 0.596. The highest BCUT2D eigenvalue weighted by Gasteiger charge is 2.06. The number of hydrogen-bond donors (Lipinski definition) is 1. The highest BCUT2D eigenvalue weighted by Crippen LogP contribution is 2.04. The van der Waals surface area contributed by atoms with Crippen LogP contribution >= 0.6 is 0 Å². The van der Waals surface area contributed by atoms with Crippen molar-refractivity contribution in [3.8, 4) is 0 Å². The minimum atomic E-state index is -0.135. The van der Waals surface area contributed by atoms with Crippen LogP contribution in [0.1, 0.15) is 31.9 Å². The van der Waals surface area contributed by atoms with Crippen LogP contribution in [0.25, 0.3) is 0 Å². The lowest BCUT2D eigenvalue weighted by molar-refractivity contribution is -0.147. The van der Waals surface area contributed by atoms with Crippen molar-refractivity contribution in [2.24, 2.45) is 5.92 Å². The third-order valence-corrected chi connectivity index (χ3v) is 2.75. The molecule has 100 valence electrons. The molecule has 3 heteroatoms. The Hall–Kier alpha value is -1.35. The van der Waals surface area contributed by atoms with Crippen LogP contribution in [-0.2, 0) is 22.5 Å². The first-order valence-corrected chi connectivity index (χ1v) is 6.58. The number of benzene rings is 1. The number of rotatable bonds is 7. The predicted molar refractivity (Wildman–Crippen MR) is 73.3 cm³/mol. The Labute approximate surface area is 110 Å². The first-order chi connectivity index (χ1) is 8.63. The Balaban J connectivity index is 2.15. The first-order valence-electron chi connectivity index (χ1n) is 6.58. The Morgan fingerprint density at radius 1 is 1.22 bits per heavy atom. The summed E-state index contributed by atoms with van der Waals surface area (Å²) in [7, 11) is 0. The molecule has 1 aromatic rings. The van der Waals surface area contributed by atoms with Crippen LogP contribution in [-0.4, -0.2) is 19.1 Å². The van der Waals surface area contributed by atoms with Gasteiger partial charge in [0.1, 0.15) is 6.61 Å². The standard InChI is InChI=1S/C15H23NO2/c1-4-13-5-7-14(8-6-13)11-16-9-10-18-15(17)12(2)3/h5-8,12,16H,4,9-11H2,1-3H3. The zero-order chi connectivity index (χ0) is 13.4. The average Bonchev–Trinajstić information content (AvgIpc) is 2.38. The van der Waals surface area contributed by atoms with E-state index in [1.165, 1.54) is 11.1 Å². The fraction of sp³-hybridized carbons (Fsp3) is 0.533. The van der Waals surface area contributed by atoms with Gasteiger partial charge in [0.05, 0.1) is 5.92 Å². The molecule has 0 aliphatic rings. The maximum Gasteiger partial charge on any atom is 0.308 e. The summed E-state index contributed by atoms with van der Waals surface area (Å²) in [6.45, 7) is 7.76. The molecular formula is C15H23NO2. The third-order valence-electron chi connectivity index (χ3n) is 2.75. The molecule has 3 nitrogen and oxygen atoms in total. The summed E-state index contributed by atoms with van der Waals surface area (Å²) in [5, 5.41) is 3.26. The topological polar surface area (TPSA) is 38.3 Å². The van der Waals surface area contributed by atoms with Gasteiger partial charge in [0.15, 0.2) is 0 Å². The smallest absolute Gasteiger partial charge is 0.308 e. The summed E-state index contributed by atoms with van der Waals surface area (Å²) >= 11 is 0. The van der Waals surface area contributed by atoms with E-state index < -0.39 is 0 Å². The molecule has 1 rings (SSSR count). The number of esters is 1. The van der Waals surface area contributed by atoms with Crippen molar-refractivity contribution in [2.45, 2.75) is 33.7 Å². The maximum atomic E-state index is 11.2. The van der Waals surface area contributed by atoms with E-state index in [-0.39, 0.29) is 11.9 Å². The van der Waals surface area contributed by atoms with Crippen molar-refractivity contribution in [3.05, 3.63) is 35.4 Å². The molecule has 0 heterocycles. The molecule has 1 N–H and O–H groups in total. The Bertz CT molecular complexity index is 357. The van der Waals surface area contributed by atoms with Crippen LogP contribution in [0.3, 0.4) is 0 Å². The summed E-state index contributed by atoms with van der Waals surface area (Å²) in [5.74, 6) is -0.185. The molecule has 0 aromatic heterocycles. The van der Waals surface area contributed by atoms with Crippen LogP contribution in [0.5, 0.6) is 0 Å². The average molecular weight is 249 g/mol. The van der Waals surface area contributed by atoms with Gasteiger partial charge in [-0.2, -0.15) is 0 Å². The normalized spacial score (nSPS) is 10.7. The molecule has 0 saturated heterocycles. The van der Waals surface area contributed by atoms with E-state index in [1.807, 2.05) is 13.8 Å². The van der Waals surface area contributed by atoms with E-state index in [9.17, 15) is 4.79 Å². The Morgan fingerprint density at radius 2 is 1.83 bits per heavy atom. The highest BCUT2D eigenvalue weighted by molar-refractivity contribution is 5.71. The van der Waals surface area contributed by atoms with Crippen LogP contribution in [0.4, 0.5) is 0 Å². The molecule has 0 spiro atoms. The van der Waals surface area contributed by atoms with Gasteiger partial charge in [-0.15, -0.1) is 0 Å². The number of aryl methyl sites for hydroxylation is 1. The molecule has 0 aliphatic heterocycles. The second-order valence-corrected chi connectivity index (χ2v) is 4.67. The predicted octanol–water partition coefficient (Wildman–Crippen LogP) is 2.54. The second-order valence-electron chi connectivity index (χ2n) is 4.67. The van der Waals surface area contributed by atoms with Gasteiger partial charge in [-0.1, -0.05) is 45.0 Å². The number of carbonyl (C=O) groups excluding carboxylic acids is 1. The molecule has 0 radical (unpaired) electrons. The summed E-state index contributed by atoms with van der Waals surface area (Å²) < 4.78 is 5.08. The van der Waals surface area contributed by atoms with Crippen molar-refractivity contribution < 1.29 is 9.53 Å². The molecule has 0 bridgehead atoms. The summed E-state index contributed by atoms with van der Waals surface area (Å²) in [4.78, 5) is 11.2. The van der Waals surface area contributed by atoms with Crippen molar-refractivity contribution in [2.75, 3.05) is 13.2 Å². The van der Waals surface area contributed by atoms with Crippen LogP contribution in [0, 0.1) is 5.92 Å². The fourth-order valence-corrected chi connectivity index (χ4v) is 1.52. The van der Waals surface area contributed by atoms with E-state index in [0.29, 0.717) is 13.2 Å². The molecule has 1 aromatic carbocycles. The van der Waals surface area contributed by atoms with E-state index in [1.54, 1.807) is 0 Å². The SMILES string of the molecule is CCc1ccc(CNCCOC(=O)C(C)C)cc1. The van der Waals surface area contributed by atoms with Crippen molar-refractivity contribution in [1.82, 2.24) is 5.32 Å². The molecule has 18 heavy (non-hydrogen) atoms. The first kappa shape index (κ1) is 14.7. The molecule has 0 aliphatic carbocycles. The van der Waals surface area contributed by atoms with E-state index in [4.69, 9.17) is 4.74 Å². The maximum absolute atomic E-state index is 11.2. The van der Waals surface area contributed by atoms with Gasteiger partial charge in [0.25, 0.3) is 0 Å². The monoisotopic (exact) mass is 249 g/mol. The van der Waals surface area contributed by atoms with Gasteiger partial charge in [-0.3, -0.25) is 4.79 Å². The van der Waals surface area contributed by atoms with Crippen LogP contribution in [0.2, 0.25) is 0 Å². The summed E-state index contributed by atoms with van der Waals surface area (Å²) in [6, 6.07) is 8.56. The Kier molecular flexibility index (Phi) is 6.44. The fourth-order valence-electron chi connectivity index (χ4n) is 1.52. The van der Waals surface area contributed by atoms with Gasteiger partial charge >= 0.3 is 5.97 Å². The second kappa shape index (κ2) is 7.88. The van der Waals surface area contributed by atoms with Gasteiger partial charge in [0.2, 0.25) is 0 Å². The summed E-state index contributed by atoms with van der Waals surface area (Å²) in [6.07, 6.45) is 1.07. The van der Waals surface area contributed by atoms with Crippen LogP contribution < -0.4 is 5.32 Å². The largest absolute Gasteiger partial charge is 0.464 e. The number of nitrogens with one attached hydrogen (secondary N) is 1. The lowest BCUT2D eigenvalue weighted by Crippen LogP contribution is -2.22. The van der Waals surface area contributed by atoms with Gasteiger partial charge in [-0.05, 0) is 17.5 Å². The minimum absolute atomic E-state index is 0.0495. The third kappa shape index (κ3) is 5.32. The van der Waals surface area contributed by atoms with Crippen molar-refractivity contribution in [1.29, 1.82) is 0 Å². The lowest BCUT2D eigenvalue weighted by Gasteiger charge is -2.08. The number of hydrogen-bond acceptors (Lipinski definition) is 3. The highest BCUT2D eigenvalue weighted by atomic mass is 16.5. The van der Waals surface area contributed by atoms with Gasteiger partial charge in [0, 0.05) is 13.1 Å². The van der Waals surface area contributed by atoms with Gasteiger partial charge < -0.3 is 10.1 Å².